The van der Waals surface area contributed by atoms with Crippen molar-refractivity contribution in [2.75, 3.05) is 47.8 Å². The Labute approximate surface area is 192 Å². The predicted octanol–water partition coefficient (Wildman–Crippen LogP) is 5.48. The van der Waals surface area contributed by atoms with Crippen LogP contribution in [0.1, 0.15) is 33.4 Å². The van der Waals surface area contributed by atoms with E-state index in [1.54, 1.807) is 0 Å². The third-order valence-corrected chi connectivity index (χ3v) is 7.02. The molecule has 4 nitrogen and oxygen atoms in total. The first-order valence-electron chi connectivity index (χ1n) is 11.5. The summed E-state index contributed by atoms with van der Waals surface area (Å²) in [5.41, 5.74) is 13.6. The Morgan fingerprint density at radius 2 is 0.750 bits per heavy atom. The maximum absolute atomic E-state index is 2.44. The number of hydrogen-bond acceptors (Lipinski definition) is 4. The highest BCUT2D eigenvalue weighted by atomic mass is 15.2. The second-order valence-electron chi connectivity index (χ2n) is 9.80. The van der Waals surface area contributed by atoms with E-state index in [9.17, 15) is 0 Å². The Bertz CT molecular complexity index is 1090. The molecule has 3 aromatic rings. The quantitative estimate of drug-likeness (QED) is 0.472. The Kier molecular flexibility index (Phi) is 5.04. The van der Waals surface area contributed by atoms with Crippen molar-refractivity contribution in [2.24, 2.45) is 0 Å². The van der Waals surface area contributed by atoms with Gasteiger partial charge in [-0.2, -0.15) is 0 Å². The minimum atomic E-state index is 0.905. The van der Waals surface area contributed by atoms with Crippen LogP contribution in [0.25, 0.3) is 0 Å². The molecule has 2 aliphatic rings. The lowest BCUT2D eigenvalue weighted by Crippen LogP contribution is -2.30. The standard InChI is InChI=1S/C28H34N4/c1-19-7-9-25-21(11-19)15-31(5)27-13-24-18-30(4)26-10-8-20(2)12-22(26)16-32(6)28(24)14-23(27)17-29(25)3/h7-14H,15-18H2,1-6H3. The summed E-state index contributed by atoms with van der Waals surface area (Å²) >= 11 is 0. The fourth-order valence-electron chi connectivity index (χ4n) is 5.42. The van der Waals surface area contributed by atoms with Gasteiger partial charge in [0.2, 0.25) is 0 Å². The largest absolute Gasteiger partial charge is 0.370 e. The van der Waals surface area contributed by atoms with Gasteiger partial charge in [-0.1, -0.05) is 35.4 Å². The first kappa shape index (κ1) is 20.7. The van der Waals surface area contributed by atoms with Gasteiger partial charge in [0.05, 0.1) is 0 Å². The van der Waals surface area contributed by atoms with E-state index in [0.717, 1.165) is 26.2 Å². The topological polar surface area (TPSA) is 13.0 Å². The number of aryl methyl sites for hydroxylation is 2. The summed E-state index contributed by atoms with van der Waals surface area (Å²) in [7, 11) is 8.90. The molecule has 32 heavy (non-hydrogen) atoms. The molecule has 166 valence electrons. The van der Waals surface area contributed by atoms with Crippen molar-refractivity contribution >= 4 is 22.7 Å². The molecule has 0 fully saturated rings. The molecule has 0 aliphatic carbocycles. The van der Waals surface area contributed by atoms with E-state index < -0.39 is 0 Å². The fourth-order valence-corrected chi connectivity index (χ4v) is 5.42. The smallest absolute Gasteiger partial charge is 0.0447 e. The number of nitrogens with zero attached hydrogens (tertiary/aromatic N) is 4. The molecule has 0 amide bonds. The van der Waals surface area contributed by atoms with Crippen molar-refractivity contribution in [1.82, 2.24) is 0 Å². The highest BCUT2D eigenvalue weighted by Crippen LogP contribution is 2.38. The molecule has 0 aromatic heterocycles. The van der Waals surface area contributed by atoms with E-state index in [0.29, 0.717) is 0 Å². The van der Waals surface area contributed by atoms with Gasteiger partial charge in [-0.25, -0.2) is 0 Å². The second-order valence-corrected chi connectivity index (χ2v) is 9.80. The number of hydrogen-bond donors (Lipinski definition) is 0. The molecule has 0 N–H and O–H groups in total. The average molecular weight is 427 g/mol. The van der Waals surface area contributed by atoms with E-state index >= 15 is 0 Å². The summed E-state index contributed by atoms with van der Waals surface area (Å²) in [5.74, 6) is 0. The zero-order valence-electron chi connectivity index (χ0n) is 20.2. The van der Waals surface area contributed by atoms with E-state index in [4.69, 9.17) is 0 Å². The summed E-state index contributed by atoms with van der Waals surface area (Å²) in [6.07, 6.45) is 0. The van der Waals surface area contributed by atoms with Gasteiger partial charge in [0.1, 0.15) is 0 Å². The number of benzene rings is 3. The van der Waals surface area contributed by atoms with Crippen molar-refractivity contribution in [3.8, 4) is 0 Å². The van der Waals surface area contributed by atoms with Crippen molar-refractivity contribution < 1.29 is 0 Å². The maximum Gasteiger partial charge on any atom is 0.0447 e. The molecular formula is C28H34N4. The van der Waals surface area contributed by atoms with Crippen LogP contribution in [-0.4, -0.2) is 28.2 Å². The minimum absolute atomic E-state index is 0.905. The van der Waals surface area contributed by atoms with E-state index in [-0.39, 0.29) is 0 Å². The van der Waals surface area contributed by atoms with Gasteiger partial charge >= 0.3 is 0 Å². The zero-order chi connectivity index (χ0) is 22.6. The lowest BCUT2D eigenvalue weighted by molar-refractivity contribution is 0.812. The van der Waals surface area contributed by atoms with Crippen LogP contribution in [0.4, 0.5) is 22.7 Å². The van der Waals surface area contributed by atoms with Crippen molar-refractivity contribution in [3.05, 3.63) is 81.9 Å². The summed E-state index contributed by atoms with van der Waals surface area (Å²) < 4.78 is 0. The Morgan fingerprint density at radius 1 is 0.438 bits per heavy atom. The van der Waals surface area contributed by atoms with Crippen LogP contribution in [0.2, 0.25) is 0 Å². The van der Waals surface area contributed by atoms with Crippen LogP contribution >= 0.6 is 0 Å². The van der Waals surface area contributed by atoms with E-state index in [2.05, 4.69) is 110 Å². The summed E-state index contributed by atoms with van der Waals surface area (Å²) in [6.45, 7) is 8.01. The Balaban J connectivity index is 1.59. The highest BCUT2D eigenvalue weighted by Gasteiger charge is 2.24. The molecule has 4 heteroatoms. The molecule has 0 saturated carbocycles. The number of rotatable bonds is 0. The van der Waals surface area contributed by atoms with Crippen molar-refractivity contribution in [1.29, 1.82) is 0 Å². The number of fused-ring (bicyclic) bond motifs is 4. The molecule has 5 rings (SSSR count). The molecule has 0 unspecified atom stereocenters. The van der Waals surface area contributed by atoms with Crippen LogP contribution in [-0.2, 0) is 26.2 Å². The van der Waals surface area contributed by atoms with Gasteiger partial charge in [0, 0.05) is 77.1 Å². The molecule has 0 spiro atoms. The SMILES string of the molecule is Cc1ccc2c(c1)CN(C)c1cc3c(cc1CN2C)N(C)Cc1cc(C)ccc1N(C)C3. The van der Waals surface area contributed by atoms with Crippen LogP contribution in [0.3, 0.4) is 0 Å². The van der Waals surface area contributed by atoms with Crippen LogP contribution < -0.4 is 19.6 Å². The Hall–Kier alpha value is -3.14. The third kappa shape index (κ3) is 3.58. The van der Waals surface area contributed by atoms with Crippen LogP contribution in [0.5, 0.6) is 0 Å². The lowest BCUT2D eigenvalue weighted by atomic mass is 9.98. The fraction of sp³-hybridized carbons (Fsp3) is 0.357. The van der Waals surface area contributed by atoms with Gasteiger partial charge in [-0.05, 0) is 60.4 Å². The molecule has 2 aliphatic heterocycles. The van der Waals surface area contributed by atoms with Gasteiger partial charge < -0.3 is 19.6 Å². The molecule has 2 heterocycles. The average Bonchev–Trinajstić information content (AvgIpc) is 2.72. The predicted molar refractivity (Wildman–Crippen MR) is 137 cm³/mol. The molecule has 0 radical (unpaired) electrons. The van der Waals surface area contributed by atoms with E-state index in [1.165, 1.54) is 56.1 Å². The zero-order valence-corrected chi connectivity index (χ0v) is 20.2. The summed E-state index contributed by atoms with van der Waals surface area (Å²) in [5, 5.41) is 0. The molecule has 0 atom stereocenters. The van der Waals surface area contributed by atoms with Gasteiger partial charge in [0.15, 0.2) is 0 Å². The molecule has 3 aromatic carbocycles. The van der Waals surface area contributed by atoms with Gasteiger partial charge in [-0.15, -0.1) is 0 Å². The third-order valence-electron chi connectivity index (χ3n) is 7.02. The maximum atomic E-state index is 2.44. The first-order chi connectivity index (χ1) is 15.3. The normalized spacial score (nSPS) is 15.7. The van der Waals surface area contributed by atoms with Gasteiger partial charge in [-0.3, -0.25) is 0 Å². The number of anilines is 4. The molecule has 0 saturated heterocycles. The van der Waals surface area contributed by atoms with Crippen molar-refractivity contribution in [3.63, 3.8) is 0 Å². The minimum Gasteiger partial charge on any atom is -0.370 e. The first-order valence-corrected chi connectivity index (χ1v) is 11.5. The Morgan fingerprint density at radius 3 is 1.12 bits per heavy atom. The van der Waals surface area contributed by atoms with Crippen LogP contribution in [0.15, 0.2) is 48.5 Å². The monoisotopic (exact) mass is 426 g/mol. The highest BCUT2D eigenvalue weighted by molar-refractivity contribution is 5.71. The molecular weight excluding hydrogens is 392 g/mol. The molecule has 0 bridgehead atoms. The van der Waals surface area contributed by atoms with Crippen molar-refractivity contribution in [2.45, 2.75) is 40.0 Å². The van der Waals surface area contributed by atoms with Gasteiger partial charge in [0.25, 0.3) is 0 Å². The summed E-state index contributed by atoms with van der Waals surface area (Å²) in [6, 6.07) is 18.5. The second kappa shape index (κ2) is 7.77. The van der Waals surface area contributed by atoms with E-state index in [1.807, 2.05) is 0 Å². The lowest BCUT2D eigenvalue weighted by Gasteiger charge is -2.36. The van der Waals surface area contributed by atoms with Crippen LogP contribution in [0, 0.1) is 13.8 Å². The summed E-state index contributed by atoms with van der Waals surface area (Å²) in [4.78, 5) is 9.66.